The van der Waals surface area contributed by atoms with Crippen molar-refractivity contribution in [3.05, 3.63) is 51.5 Å². The molecule has 0 aliphatic carbocycles. The zero-order valence-electron chi connectivity index (χ0n) is 8.95. The normalized spacial score (nSPS) is 11.1. The summed E-state index contributed by atoms with van der Waals surface area (Å²) in [6.45, 7) is 0. The van der Waals surface area contributed by atoms with Crippen molar-refractivity contribution >= 4 is 45.9 Å². The van der Waals surface area contributed by atoms with Crippen molar-refractivity contribution in [3.8, 4) is 11.5 Å². The molecule has 0 unspecified atom stereocenters. The second kappa shape index (κ2) is 4.47. The Bertz CT molecular complexity index is 680. The van der Waals surface area contributed by atoms with Crippen LogP contribution in [0.3, 0.4) is 0 Å². The van der Waals surface area contributed by atoms with Gasteiger partial charge in [0, 0.05) is 5.56 Å². The number of fused-ring (bicyclic) bond motifs is 1. The van der Waals surface area contributed by atoms with Gasteiger partial charge in [-0.25, -0.2) is 4.98 Å². The van der Waals surface area contributed by atoms with Crippen LogP contribution in [0, 0.1) is 0 Å². The van der Waals surface area contributed by atoms with Crippen molar-refractivity contribution in [3.63, 3.8) is 0 Å². The molecule has 3 rings (SSSR count). The first-order valence-corrected chi connectivity index (χ1v) is 6.29. The molecule has 2 nitrogen and oxygen atoms in total. The third-order valence-corrected chi connectivity index (χ3v) is 3.72. The smallest absolute Gasteiger partial charge is 0.227 e. The number of hydrogen-bond acceptors (Lipinski definition) is 2. The minimum Gasteiger partial charge on any atom is -0.436 e. The third-order valence-electron chi connectivity index (χ3n) is 2.52. The van der Waals surface area contributed by atoms with E-state index < -0.39 is 0 Å². The molecule has 0 bridgehead atoms. The zero-order valence-corrected chi connectivity index (χ0v) is 11.2. The summed E-state index contributed by atoms with van der Waals surface area (Å²) in [5.74, 6) is 0.469. The number of oxazole rings is 1. The van der Waals surface area contributed by atoms with Gasteiger partial charge in [0.25, 0.3) is 0 Å². The molecule has 0 saturated carbocycles. The largest absolute Gasteiger partial charge is 0.436 e. The van der Waals surface area contributed by atoms with Gasteiger partial charge >= 0.3 is 0 Å². The van der Waals surface area contributed by atoms with Crippen LogP contribution in [0.2, 0.25) is 15.1 Å². The van der Waals surface area contributed by atoms with Crippen LogP contribution in [-0.4, -0.2) is 4.98 Å². The first-order valence-electron chi connectivity index (χ1n) is 5.15. The Hall–Kier alpha value is -1.22. The highest BCUT2D eigenvalue weighted by molar-refractivity contribution is 6.48. The fraction of sp³-hybridized carbons (Fsp3) is 0. The molecule has 0 radical (unpaired) electrons. The molecule has 1 heterocycles. The van der Waals surface area contributed by atoms with E-state index in [9.17, 15) is 0 Å². The fourth-order valence-corrected chi connectivity index (χ4v) is 2.27. The first kappa shape index (κ1) is 11.8. The highest BCUT2D eigenvalue weighted by Crippen LogP contribution is 2.35. The summed E-state index contributed by atoms with van der Waals surface area (Å²) in [7, 11) is 0. The van der Waals surface area contributed by atoms with E-state index in [0.717, 1.165) is 11.1 Å². The molecule has 0 amide bonds. The number of rotatable bonds is 1. The molecule has 0 atom stereocenters. The van der Waals surface area contributed by atoms with Crippen molar-refractivity contribution in [2.45, 2.75) is 0 Å². The van der Waals surface area contributed by atoms with E-state index in [-0.39, 0.29) is 0 Å². The molecule has 90 valence electrons. The van der Waals surface area contributed by atoms with E-state index in [2.05, 4.69) is 4.98 Å². The molecule has 0 aliphatic heterocycles. The number of aromatic nitrogens is 1. The minimum absolute atomic E-state index is 0.332. The van der Waals surface area contributed by atoms with Gasteiger partial charge in [0.15, 0.2) is 5.58 Å². The van der Waals surface area contributed by atoms with Gasteiger partial charge in [-0.05, 0) is 24.3 Å². The molecule has 0 spiro atoms. The molecule has 0 aliphatic rings. The summed E-state index contributed by atoms with van der Waals surface area (Å²) in [6.07, 6.45) is 0. The van der Waals surface area contributed by atoms with Crippen LogP contribution in [0.15, 0.2) is 40.8 Å². The lowest BCUT2D eigenvalue weighted by Gasteiger charge is -2.01. The second-order valence-electron chi connectivity index (χ2n) is 3.74. The predicted molar refractivity (Wildman–Crippen MR) is 74.5 cm³/mol. The average Bonchev–Trinajstić information content (AvgIpc) is 2.79. The number of benzene rings is 2. The van der Waals surface area contributed by atoms with Crippen molar-refractivity contribution in [2.24, 2.45) is 0 Å². The molecule has 1 aromatic heterocycles. The highest BCUT2D eigenvalue weighted by atomic mass is 35.5. The van der Waals surface area contributed by atoms with Crippen LogP contribution >= 0.6 is 34.8 Å². The van der Waals surface area contributed by atoms with E-state index in [1.54, 1.807) is 12.1 Å². The van der Waals surface area contributed by atoms with Crippen LogP contribution in [-0.2, 0) is 0 Å². The molecule has 18 heavy (non-hydrogen) atoms. The van der Waals surface area contributed by atoms with E-state index in [0.29, 0.717) is 26.5 Å². The second-order valence-corrected chi connectivity index (χ2v) is 4.93. The average molecular weight is 299 g/mol. The maximum Gasteiger partial charge on any atom is 0.227 e. The van der Waals surface area contributed by atoms with Crippen LogP contribution in [0.1, 0.15) is 0 Å². The zero-order chi connectivity index (χ0) is 12.7. The Labute approximate surface area is 118 Å². The SMILES string of the molecule is Clc1cc(-c2nc3ccccc3o2)cc(Cl)c1Cl. The minimum atomic E-state index is 0.332. The van der Waals surface area contributed by atoms with Gasteiger partial charge in [-0.1, -0.05) is 46.9 Å². The number of para-hydroxylation sites is 2. The standard InChI is InChI=1S/C13H6Cl3NO/c14-8-5-7(6-9(15)12(8)16)13-17-10-3-1-2-4-11(10)18-13/h1-6H. The summed E-state index contributed by atoms with van der Waals surface area (Å²) >= 11 is 17.9. The van der Waals surface area contributed by atoms with Gasteiger partial charge in [-0.2, -0.15) is 0 Å². The summed E-state index contributed by atoms with van der Waals surface area (Å²) in [4.78, 5) is 4.37. The lowest BCUT2D eigenvalue weighted by Crippen LogP contribution is -1.80. The van der Waals surface area contributed by atoms with Crippen molar-refractivity contribution in [2.75, 3.05) is 0 Å². The van der Waals surface area contributed by atoms with Crippen LogP contribution in [0.25, 0.3) is 22.6 Å². The van der Waals surface area contributed by atoms with Gasteiger partial charge in [0.2, 0.25) is 5.89 Å². The lowest BCUT2D eigenvalue weighted by molar-refractivity contribution is 0.620. The van der Waals surface area contributed by atoms with Gasteiger partial charge < -0.3 is 4.42 Å². The van der Waals surface area contributed by atoms with E-state index in [1.807, 2.05) is 24.3 Å². The topological polar surface area (TPSA) is 26.0 Å². The summed E-state index contributed by atoms with van der Waals surface area (Å²) in [5, 5.41) is 1.08. The Morgan fingerprint density at radius 2 is 1.61 bits per heavy atom. The summed E-state index contributed by atoms with van der Waals surface area (Å²) in [5.41, 5.74) is 2.20. The quantitative estimate of drug-likeness (QED) is 0.558. The maximum atomic E-state index is 5.98. The maximum absolute atomic E-state index is 5.98. The molecular formula is C13H6Cl3NO. The molecular weight excluding hydrogens is 293 g/mol. The van der Waals surface area contributed by atoms with Crippen molar-refractivity contribution in [1.82, 2.24) is 4.98 Å². The Balaban J connectivity index is 2.20. The Morgan fingerprint density at radius 3 is 2.28 bits per heavy atom. The number of halogens is 3. The summed E-state index contributed by atoms with van der Waals surface area (Å²) in [6, 6.07) is 10.9. The highest BCUT2D eigenvalue weighted by Gasteiger charge is 2.12. The summed E-state index contributed by atoms with van der Waals surface area (Å²) < 4.78 is 5.63. The van der Waals surface area contributed by atoms with Gasteiger partial charge in [-0.3, -0.25) is 0 Å². The molecule has 0 N–H and O–H groups in total. The number of hydrogen-bond donors (Lipinski definition) is 0. The molecule has 2 aromatic carbocycles. The fourth-order valence-electron chi connectivity index (χ4n) is 1.67. The van der Waals surface area contributed by atoms with Gasteiger partial charge in [0.1, 0.15) is 5.52 Å². The van der Waals surface area contributed by atoms with Crippen LogP contribution in [0.5, 0.6) is 0 Å². The van der Waals surface area contributed by atoms with Crippen LogP contribution < -0.4 is 0 Å². The molecule has 5 heteroatoms. The first-order chi connectivity index (χ1) is 8.65. The number of nitrogens with zero attached hydrogens (tertiary/aromatic N) is 1. The lowest BCUT2D eigenvalue weighted by atomic mass is 10.2. The van der Waals surface area contributed by atoms with Crippen LogP contribution in [0.4, 0.5) is 0 Å². The Kier molecular flexibility index (Phi) is 2.94. The molecule has 0 saturated heterocycles. The van der Waals surface area contributed by atoms with Crippen molar-refractivity contribution < 1.29 is 4.42 Å². The van der Waals surface area contributed by atoms with E-state index in [1.165, 1.54) is 0 Å². The van der Waals surface area contributed by atoms with Gasteiger partial charge in [0.05, 0.1) is 15.1 Å². The molecule has 0 fully saturated rings. The molecule has 3 aromatic rings. The Morgan fingerprint density at radius 1 is 0.944 bits per heavy atom. The predicted octanol–water partition coefficient (Wildman–Crippen LogP) is 5.46. The van der Waals surface area contributed by atoms with E-state index in [4.69, 9.17) is 39.2 Å². The monoisotopic (exact) mass is 297 g/mol. The van der Waals surface area contributed by atoms with Crippen molar-refractivity contribution in [1.29, 1.82) is 0 Å². The van der Waals surface area contributed by atoms with E-state index >= 15 is 0 Å². The third kappa shape index (κ3) is 1.97. The van der Waals surface area contributed by atoms with Gasteiger partial charge in [-0.15, -0.1) is 0 Å².